The summed E-state index contributed by atoms with van der Waals surface area (Å²) >= 11 is 0. The SMILES string of the molecule is CC(CC(=O)O)c1cnc2c(c1)CN(C)C2. The average molecular weight is 220 g/mol. The molecule has 1 aliphatic rings. The maximum atomic E-state index is 10.6. The minimum absolute atomic E-state index is 0.0289. The second kappa shape index (κ2) is 4.22. The summed E-state index contributed by atoms with van der Waals surface area (Å²) in [5.41, 5.74) is 3.38. The fraction of sp³-hybridized carbons (Fsp3) is 0.500. The highest BCUT2D eigenvalue weighted by atomic mass is 16.4. The maximum Gasteiger partial charge on any atom is 0.303 e. The highest BCUT2D eigenvalue weighted by Gasteiger charge is 2.19. The fourth-order valence-corrected chi connectivity index (χ4v) is 2.09. The molecule has 0 saturated heterocycles. The molecule has 86 valence electrons. The van der Waals surface area contributed by atoms with Crippen molar-refractivity contribution in [1.29, 1.82) is 0 Å². The third kappa shape index (κ3) is 2.22. The number of rotatable bonds is 3. The molecule has 0 fully saturated rings. The zero-order valence-electron chi connectivity index (χ0n) is 9.60. The van der Waals surface area contributed by atoms with E-state index < -0.39 is 5.97 Å². The average Bonchev–Trinajstić information content (AvgIpc) is 2.55. The Labute approximate surface area is 94.9 Å². The normalized spacial score (nSPS) is 17.1. The van der Waals surface area contributed by atoms with Gasteiger partial charge in [0.15, 0.2) is 0 Å². The van der Waals surface area contributed by atoms with E-state index in [-0.39, 0.29) is 12.3 Å². The molecule has 4 nitrogen and oxygen atoms in total. The standard InChI is InChI=1S/C12H16N2O2/c1-8(3-12(15)16)9-4-10-6-14(2)7-11(10)13-5-9/h4-5,8H,3,6-7H2,1-2H3,(H,15,16). The van der Waals surface area contributed by atoms with E-state index in [0.717, 1.165) is 24.3 Å². The molecule has 0 amide bonds. The van der Waals surface area contributed by atoms with Crippen molar-refractivity contribution in [3.8, 4) is 0 Å². The molecule has 0 aliphatic carbocycles. The molecule has 1 N–H and O–H groups in total. The number of nitrogens with zero attached hydrogens (tertiary/aromatic N) is 2. The number of aliphatic carboxylic acids is 1. The molecule has 16 heavy (non-hydrogen) atoms. The molecular formula is C12H16N2O2. The van der Waals surface area contributed by atoms with E-state index in [0.29, 0.717) is 0 Å². The number of hydrogen-bond acceptors (Lipinski definition) is 3. The predicted molar refractivity (Wildman–Crippen MR) is 60.1 cm³/mol. The molecule has 0 aromatic carbocycles. The first-order valence-corrected chi connectivity index (χ1v) is 5.44. The van der Waals surface area contributed by atoms with Gasteiger partial charge in [0, 0.05) is 19.3 Å². The number of carbonyl (C=O) groups is 1. The van der Waals surface area contributed by atoms with Gasteiger partial charge in [0.25, 0.3) is 0 Å². The maximum absolute atomic E-state index is 10.6. The van der Waals surface area contributed by atoms with Crippen LogP contribution in [0, 0.1) is 0 Å². The lowest BCUT2D eigenvalue weighted by molar-refractivity contribution is -0.137. The lowest BCUT2D eigenvalue weighted by atomic mass is 9.98. The molecule has 1 aliphatic heterocycles. The van der Waals surface area contributed by atoms with Gasteiger partial charge < -0.3 is 5.11 Å². The molecule has 0 radical (unpaired) electrons. The van der Waals surface area contributed by atoms with Crippen molar-refractivity contribution in [2.24, 2.45) is 0 Å². The molecule has 1 aromatic heterocycles. The second-order valence-corrected chi connectivity index (χ2v) is 4.55. The van der Waals surface area contributed by atoms with Crippen LogP contribution in [-0.4, -0.2) is 28.0 Å². The van der Waals surface area contributed by atoms with E-state index in [4.69, 9.17) is 5.11 Å². The summed E-state index contributed by atoms with van der Waals surface area (Å²) in [4.78, 5) is 17.2. The number of carboxylic acids is 1. The van der Waals surface area contributed by atoms with E-state index in [1.807, 2.05) is 13.1 Å². The van der Waals surface area contributed by atoms with Crippen molar-refractivity contribution in [3.05, 3.63) is 29.1 Å². The van der Waals surface area contributed by atoms with Gasteiger partial charge in [-0.2, -0.15) is 0 Å². The summed E-state index contributed by atoms with van der Waals surface area (Å²) in [6.45, 7) is 3.73. The monoisotopic (exact) mass is 220 g/mol. The van der Waals surface area contributed by atoms with Gasteiger partial charge >= 0.3 is 5.97 Å². The van der Waals surface area contributed by atoms with Crippen LogP contribution in [0.1, 0.15) is 36.1 Å². The minimum atomic E-state index is -0.759. The summed E-state index contributed by atoms with van der Waals surface area (Å²) in [5.74, 6) is -0.730. The Hall–Kier alpha value is -1.42. The van der Waals surface area contributed by atoms with E-state index in [9.17, 15) is 4.79 Å². The molecule has 4 heteroatoms. The van der Waals surface area contributed by atoms with Crippen molar-refractivity contribution in [2.75, 3.05) is 7.05 Å². The Kier molecular flexibility index (Phi) is 2.92. The van der Waals surface area contributed by atoms with Crippen LogP contribution in [0.4, 0.5) is 0 Å². The first kappa shape index (κ1) is 11.1. The molecule has 0 saturated carbocycles. The van der Waals surface area contributed by atoms with Crippen molar-refractivity contribution in [2.45, 2.75) is 32.4 Å². The number of pyridine rings is 1. The molecule has 2 rings (SSSR count). The lowest BCUT2D eigenvalue weighted by Gasteiger charge is -2.09. The number of fused-ring (bicyclic) bond motifs is 1. The van der Waals surface area contributed by atoms with Gasteiger partial charge in [-0.05, 0) is 24.1 Å². The number of aromatic nitrogens is 1. The summed E-state index contributed by atoms with van der Waals surface area (Å²) < 4.78 is 0. The van der Waals surface area contributed by atoms with Gasteiger partial charge in [-0.25, -0.2) is 0 Å². The quantitative estimate of drug-likeness (QED) is 0.840. The van der Waals surface area contributed by atoms with Crippen LogP contribution >= 0.6 is 0 Å². The highest BCUT2D eigenvalue weighted by Crippen LogP contribution is 2.25. The Balaban J connectivity index is 2.19. The molecule has 2 heterocycles. The van der Waals surface area contributed by atoms with E-state index >= 15 is 0 Å². The van der Waals surface area contributed by atoms with Gasteiger partial charge in [0.05, 0.1) is 12.1 Å². The molecule has 0 spiro atoms. The van der Waals surface area contributed by atoms with Crippen molar-refractivity contribution < 1.29 is 9.90 Å². The van der Waals surface area contributed by atoms with Crippen molar-refractivity contribution in [1.82, 2.24) is 9.88 Å². The first-order valence-electron chi connectivity index (χ1n) is 5.44. The third-order valence-corrected chi connectivity index (χ3v) is 2.99. The zero-order valence-corrected chi connectivity index (χ0v) is 9.60. The van der Waals surface area contributed by atoms with Crippen LogP contribution < -0.4 is 0 Å². The smallest absolute Gasteiger partial charge is 0.303 e. The molecule has 1 unspecified atom stereocenters. The Morgan fingerprint density at radius 1 is 1.62 bits per heavy atom. The third-order valence-electron chi connectivity index (χ3n) is 2.99. The Bertz CT molecular complexity index is 417. The molecule has 1 aromatic rings. The molecular weight excluding hydrogens is 204 g/mol. The highest BCUT2D eigenvalue weighted by molar-refractivity contribution is 5.67. The minimum Gasteiger partial charge on any atom is -0.481 e. The first-order chi connectivity index (χ1) is 7.56. The predicted octanol–water partition coefficient (Wildman–Crippen LogP) is 1.61. The Morgan fingerprint density at radius 3 is 3.06 bits per heavy atom. The summed E-state index contributed by atoms with van der Waals surface area (Å²) in [7, 11) is 2.06. The summed E-state index contributed by atoms with van der Waals surface area (Å²) in [5, 5.41) is 8.75. The van der Waals surface area contributed by atoms with Gasteiger partial charge in [-0.3, -0.25) is 14.7 Å². The van der Waals surface area contributed by atoms with Crippen LogP contribution in [0.2, 0.25) is 0 Å². The van der Waals surface area contributed by atoms with Crippen LogP contribution in [0.5, 0.6) is 0 Å². The second-order valence-electron chi connectivity index (χ2n) is 4.55. The van der Waals surface area contributed by atoms with E-state index in [1.165, 1.54) is 5.56 Å². The largest absolute Gasteiger partial charge is 0.481 e. The van der Waals surface area contributed by atoms with E-state index in [2.05, 4.69) is 23.0 Å². The van der Waals surface area contributed by atoms with Crippen molar-refractivity contribution >= 4 is 5.97 Å². The van der Waals surface area contributed by atoms with Gasteiger partial charge in [-0.15, -0.1) is 0 Å². The van der Waals surface area contributed by atoms with Gasteiger partial charge in [0.2, 0.25) is 0 Å². The Morgan fingerprint density at radius 2 is 2.38 bits per heavy atom. The summed E-state index contributed by atoms with van der Waals surface area (Å²) in [6, 6.07) is 2.10. The van der Waals surface area contributed by atoms with Crippen LogP contribution in [-0.2, 0) is 17.9 Å². The zero-order chi connectivity index (χ0) is 11.7. The van der Waals surface area contributed by atoms with Crippen LogP contribution in [0.25, 0.3) is 0 Å². The molecule has 0 bridgehead atoms. The fourth-order valence-electron chi connectivity index (χ4n) is 2.09. The van der Waals surface area contributed by atoms with E-state index in [1.54, 1.807) is 0 Å². The topological polar surface area (TPSA) is 53.4 Å². The number of hydrogen-bond donors (Lipinski definition) is 1. The summed E-state index contributed by atoms with van der Waals surface area (Å²) in [6.07, 6.45) is 1.97. The van der Waals surface area contributed by atoms with Crippen LogP contribution in [0.15, 0.2) is 12.3 Å². The van der Waals surface area contributed by atoms with Gasteiger partial charge in [0.1, 0.15) is 0 Å². The lowest BCUT2D eigenvalue weighted by Crippen LogP contribution is -2.07. The van der Waals surface area contributed by atoms with Crippen LogP contribution in [0.3, 0.4) is 0 Å². The number of carboxylic acid groups (broad SMARTS) is 1. The molecule has 1 atom stereocenters. The van der Waals surface area contributed by atoms with Gasteiger partial charge in [-0.1, -0.05) is 13.0 Å². The van der Waals surface area contributed by atoms with Crippen molar-refractivity contribution in [3.63, 3.8) is 0 Å².